The Morgan fingerprint density at radius 2 is 1.73 bits per heavy atom. The summed E-state index contributed by atoms with van der Waals surface area (Å²) in [5.41, 5.74) is 5.66. The molecule has 0 amide bonds. The fourth-order valence-corrected chi connectivity index (χ4v) is 4.23. The Kier molecular flexibility index (Phi) is 7.96. The maximum absolute atomic E-state index is 11.0. The maximum Gasteiger partial charge on any atom is 0.132 e. The highest BCUT2D eigenvalue weighted by Gasteiger charge is 2.30. The number of aromatic hydroxyl groups is 2. The number of fused-ring (bicyclic) bond motifs is 1. The lowest BCUT2D eigenvalue weighted by molar-refractivity contribution is 0.250. The van der Waals surface area contributed by atoms with Crippen molar-refractivity contribution >= 4 is 0 Å². The van der Waals surface area contributed by atoms with Crippen molar-refractivity contribution in [3.8, 4) is 28.7 Å². The molecule has 2 aromatic rings. The van der Waals surface area contributed by atoms with E-state index in [1.807, 2.05) is 32.9 Å². The smallest absolute Gasteiger partial charge is 0.132 e. The van der Waals surface area contributed by atoms with Gasteiger partial charge in [0, 0.05) is 34.2 Å². The summed E-state index contributed by atoms with van der Waals surface area (Å²) in [5, 5.41) is 21.3. The molecule has 1 unspecified atom stereocenters. The lowest BCUT2D eigenvalue weighted by Gasteiger charge is -2.30. The van der Waals surface area contributed by atoms with E-state index in [0.29, 0.717) is 38.0 Å². The third-order valence-corrected chi connectivity index (χ3v) is 5.96. The van der Waals surface area contributed by atoms with Gasteiger partial charge in [0.15, 0.2) is 0 Å². The Hall–Kier alpha value is -3.08. The van der Waals surface area contributed by atoms with Gasteiger partial charge in [0.1, 0.15) is 28.7 Å². The first-order valence-corrected chi connectivity index (χ1v) is 11.6. The highest BCUT2D eigenvalue weighted by atomic mass is 16.5. The van der Waals surface area contributed by atoms with E-state index >= 15 is 0 Å². The molecule has 0 saturated carbocycles. The molecule has 1 aliphatic heterocycles. The van der Waals surface area contributed by atoms with Gasteiger partial charge in [-0.15, -0.1) is 0 Å². The Balaban J connectivity index is 2.03. The maximum atomic E-state index is 11.0. The average Bonchev–Trinajstić information content (AvgIpc) is 2.77. The summed E-state index contributed by atoms with van der Waals surface area (Å²) >= 11 is 0. The van der Waals surface area contributed by atoms with Crippen LogP contribution in [0, 0.1) is 0 Å². The van der Waals surface area contributed by atoms with Gasteiger partial charge < -0.3 is 24.4 Å². The van der Waals surface area contributed by atoms with Crippen molar-refractivity contribution in [3.05, 3.63) is 63.8 Å². The Morgan fingerprint density at radius 1 is 1.06 bits per heavy atom. The standard InChI is InChI=1S/C28H36O5/c1-7-32-25-15-26-23(28(31-6)22(25)11-9-18(4)5)14-19(16-33-26)20-12-13-24(29)21(27(20)30)10-8-17(2)3/h8-9,12-13,15,19,29-30H,7,10-11,14,16H2,1-6H3. The zero-order valence-electron chi connectivity index (χ0n) is 20.6. The first-order valence-electron chi connectivity index (χ1n) is 11.6. The van der Waals surface area contributed by atoms with Crippen LogP contribution < -0.4 is 14.2 Å². The number of hydrogen-bond donors (Lipinski definition) is 2. The van der Waals surface area contributed by atoms with Crippen molar-refractivity contribution in [1.29, 1.82) is 0 Å². The monoisotopic (exact) mass is 452 g/mol. The van der Waals surface area contributed by atoms with E-state index < -0.39 is 0 Å². The largest absolute Gasteiger partial charge is 0.508 e. The molecule has 5 nitrogen and oxygen atoms in total. The van der Waals surface area contributed by atoms with Crippen molar-refractivity contribution in [3.63, 3.8) is 0 Å². The van der Waals surface area contributed by atoms with Crippen LogP contribution in [-0.2, 0) is 19.3 Å². The third kappa shape index (κ3) is 5.47. The molecule has 0 saturated heterocycles. The van der Waals surface area contributed by atoms with E-state index in [1.54, 1.807) is 19.2 Å². The zero-order valence-corrected chi connectivity index (χ0v) is 20.6. The minimum atomic E-state index is -0.0632. The number of rotatable bonds is 8. The van der Waals surface area contributed by atoms with Crippen molar-refractivity contribution in [1.82, 2.24) is 0 Å². The van der Waals surface area contributed by atoms with Gasteiger partial charge in [-0.1, -0.05) is 29.4 Å². The number of benzene rings is 2. The summed E-state index contributed by atoms with van der Waals surface area (Å²) in [6, 6.07) is 5.41. The van der Waals surface area contributed by atoms with Gasteiger partial charge in [-0.3, -0.25) is 0 Å². The fraction of sp³-hybridized carbons (Fsp3) is 0.429. The SMILES string of the molecule is CCOc1cc2c(c(OC)c1CC=C(C)C)CC(c1ccc(O)c(CC=C(C)C)c1O)CO2. The molecule has 0 bridgehead atoms. The Morgan fingerprint density at radius 3 is 2.33 bits per heavy atom. The van der Waals surface area contributed by atoms with Gasteiger partial charge in [0.25, 0.3) is 0 Å². The number of phenolic OH excluding ortho intramolecular Hbond substituents is 2. The van der Waals surface area contributed by atoms with E-state index in [4.69, 9.17) is 14.2 Å². The van der Waals surface area contributed by atoms with Crippen LogP contribution in [0.5, 0.6) is 28.7 Å². The van der Waals surface area contributed by atoms with Crippen LogP contribution in [0.3, 0.4) is 0 Å². The van der Waals surface area contributed by atoms with Gasteiger partial charge in [0.2, 0.25) is 0 Å². The molecule has 0 aliphatic carbocycles. The highest BCUT2D eigenvalue weighted by Crippen LogP contribution is 2.46. The minimum absolute atomic E-state index is 0.0632. The van der Waals surface area contributed by atoms with E-state index in [2.05, 4.69) is 19.9 Å². The number of methoxy groups -OCH3 is 1. The quantitative estimate of drug-likeness (QED) is 0.464. The highest BCUT2D eigenvalue weighted by molar-refractivity contribution is 5.60. The molecule has 1 atom stereocenters. The molecule has 0 radical (unpaired) electrons. The van der Waals surface area contributed by atoms with E-state index in [0.717, 1.165) is 39.5 Å². The number of hydrogen-bond acceptors (Lipinski definition) is 5. The van der Waals surface area contributed by atoms with Crippen molar-refractivity contribution in [2.45, 2.75) is 59.8 Å². The molecule has 1 heterocycles. The van der Waals surface area contributed by atoms with Crippen LogP contribution in [0.4, 0.5) is 0 Å². The molecule has 5 heteroatoms. The average molecular weight is 453 g/mol. The molecule has 2 aromatic carbocycles. The van der Waals surface area contributed by atoms with Crippen molar-refractivity contribution < 1.29 is 24.4 Å². The second kappa shape index (κ2) is 10.7. The summed E-state index contributed by atoms with van der Waals surface area (Å²) < 4.78 is 18.0. The zero-order chi connectivity index (χ0) is 24.1. The molecule has 178 valence electrons. The van der Waals surface area contributed by atoms with Crippen LogP contribution in [-0.4, -0.2) is 30.5 Å². The summed E-state index contributed by atoms with van der Waals surface area (Å²) in [4.78, 5) is 0. The van der Waals surface area contributed by atoms with E-state index in [-0.39, 0.29) is 17.4 Å². The molecule has 0 spiro atoms. The van der Waals surface area contributed by atoms with Crippen LogP contribution in [0.1, 0.15) is 62.8 Å². The van der Waals surface area contributed by atoms with Crippen molar-refractivity contribution in [2.75, 3.05) is 20.3 Å². The molecule has 0 aromatic heterocycles. The first-order chi connectivity index (χ1) is 15.8. The van der Waals surface area contributed by atoms with Gasteiger partial charge in [0.05, 0.1) is 20.3 Å². The van der Waals surface area contributed by atoms with Crippen LogP contribution in [0.15, 0.2) is 41.5 Å². The van der Waals surface area contributed by atoms with E-state index in [9.17, 15) is 10.2 Å². The summed E-state index contributed by atoms with van der Waals surface area (Å²) in [7, 11) is 1.68. The summed E-state index contributed by atoms with van der Waals surface area (Å²) in [5.74, 6) is 2.50. The number of allylic oxidation sites excluding steroid dienone is 4. The molecule has 3 rings (SSSR count). The molecule has 1 aliphatic rings. The number of phenols is 2. The summed E-state index contributed by atoms with van der Waals surface area (Å²) in [6.07, 6.45) is 6.00. The topological polar surface area (TPSA) is 68.2 Å². The van der Waals surface area contributed by atoms with Crippen LogP contribution >= 0.6 is 0 Å². The first kappa shape index (κ1) is 24.6. The Bertz CT molecular complexity index is 1060. The normalized spacial score (nSPS) is 14.7. The predicted octanol–water partition coefficient (Wildman–Crippen LogP) is 6.24. The van der Waals surface area contributed by atoms with Crippen molar-refractivity contribution in [2.24, 2.45) is 0 Å². The second-order valence-electron chi connectivity index (χ2n) is 8.98. The third-order valence-electron chi connectivity index (χ3n) is 5.96. The van der Waals surface area contributed by atoms with Gasteiger partial charge in [-0.05, 0) is 59.9 Å². The Labute approximate surface area is 197 Å². The molecular formula is C28H36O5. The van der Waals surface area contributed by atoms with Gasteiger partial charge in [-0.25, -0.2) is 0 Å². The number of ether oxygens (including phenoxy) is 3. The molecule has 0 fully saturated rings. The van der Waals surface area contributed by atoms with Gasteiger partial charge >= 0.3 is 0 Å². The van der Waals surface area contributed by atoms with E-state index in [1.165, 1.54) is 5.57 Å². The predicted molar refractivity (Wildman–Crippen MR) is 132 cm³/mol. The lowest BCUT2D eigenvalue weighted by atomic mass is 9.86. The molecular weight excluding hydrogens is 416 g/mol. The van der Waals surface area contributed by atoms with Crippen LogP contribution in [0.2, 0.25) is 0 Å². The van der Waals surface area contributed by atoms with Crippen LogP contribution in [0.25, 0.3) is 0 Å². The fourth-order valence-electron chi connectivity index (χ4n) is 4.23. The lowest BCUT2D eigenvalue weighted by Crippen LogP contribution is -2.21. The van der Waals surface area contributed by atoms with Gasteiger partial charge in [-0.2, -0.15) is 0 Å². The second-order valence-corrected chi connectivity index (χ2v) is 8.98. The summed E-state index contributed by atoms with van der Waals surface area (Å²) in [6.45, 7) is 11.1. The molecule has 2 N–H and O–H groups in total. The minimum Gasteiger partial charge on any atom is -0.508 e. The molecule has 33 heavy (non-hydrogen) atoms.